The molecule has 0 heterocycles. The van der Waals surface area contributed by atoms with E-state index in [0.29, 0.717) is 18.5 Å². The van der Waals surface area contributed by atoms with E-state index in [9.17, 15) is 8.78 Å². The molecule has 0 amide bonds. The maximum absolute atomic E-state index is 13.9. The predicted octanol–water partition coefficient (Wildman–Crippen LogP) is 3.66. The standard InChI is InChI=1S/C16H25F2NO2/c1-5-7-19-11-12-9-13(17)15(14(18)10-12)21-8-6-16(2,3)20-4/h9-10,19H,5-8,11H2,1-4H3. The van der Waals surface area contributed by atoms with E-state index in [-0.39, 0.29) is 18.0 Å². The molecular weight excluding hydrogens is 276 g/mol. The lowest BCUT2D eigenvalue weighted by atomic mass is 10.1. The second-order valence-corrected chi connectivity index (χ2v) is 5.63. The van der Waals surface area contributed by atoms with Gasteiger partial charge in [0.05, 0.1) is 12.2 Å². The molecule has 1 rings (SSSR count). The molecule has 0 saturated heterocycles. The molecule has 0 atom stereocenters. The molecule has 0 aromatic heterocycles. The highest BCUT2D eigenvalue weighted by atomic mass is 19.1. The van der Waals surface area contributed by atoms with Gasteiger partial charge in [-0.15, -0.1) is 0 Å². The summed E-state index contributed by atoms with van der Waals surface area (Å²) < 4.78 is 38.3. The van der Waals surface area contributed by atoms with Gasteiger partial charge in [-0.1, -0.05) is 6.92 Å². The van der Waals surface area contributed by atoms with Gasteiger partial charge in [0.15, 0.2) is 17.4 Å². The molecule has 0 aliphatic rings. The molecule has 120 valence electrons. The number of methoxy groups -OCH3 is 1. The van der Waals surface area contributed by atoms with Gasteiger partial charge in [-0.3, -0.25) is 0 Å². The Balaban J connectivity index is 2.63. The molecule has 0 saturated carbocycles. The van der Waals surface area contributed by atoms with Crippen LogP contribution < -0.4 is 10.1 Å². The maximum Gasteiger partial charge on any atom is 0.190 e. The minimum absolute atomic E-state index is 0.197. The van der Waals surface area contributed by atoms with Gasteiger partial charge in [-0.25, -0.2) is 8.78 Å². The van der Waals surface area contributed by atoms with Crippen LogP contribution in [0.4, 0.5) is 8.78 Å². The Morgan fingerprint density at radius 1 is 1.19 bits per heavy atom. The molecule has 0 fully saturated rings. The molecule has 0 spiro atoms. The van der Waals surface area contributed by atoms with Gasteiger partial charge >= 0.3 is 0 Å². The van der Waals surface area contributed by atoms with Crippen LogP contribution in [0, 0.1) is 11.6 Å². The van der Waals surface area contributed by atoms with Crippen molar-refractivity contribution in [3.63, 3.8) is 0 Å². The van der Waals surface area contributed by atoms with Crippen LogP contribution in [0.3, 0.4) is 0 Å². The average Bonchev–Trinajstić information content (AvgIpc) is 2.42. The van der Waals surface area contributed by atoms with Gasteiger partial charge in [0.1, 0.15) is 0 Å². The molecule has 1 aromatic rings. The van der Waals surface area contributed by atoms with Crippen LogP contribution in [-0.2, 0) is 11.3 Å². The van der Waals surface area contributed by atoms with E-state index >= 15 is 0 Å². The fourth-order valence-electron chi connectivity index (χ4n) is 1.76. The van der Waals surface area contributed by atoms with E-state index in [0.717, 1.165) is 13.0 Å². The molecule has 0 aliphatic heterocycles. The number of hydrogen-bond acceptors (Lipinski definition) is 3. The zero-order valence-corrected chi connectivity index (χ0v) is 13.3. The first-order valence-corrected chi connectivity index (χ1v) is 7.26. The Bertz CT molecular complexity index is 427. The first-order valence-electron chi connectivity index (χ1n) is 7.26. The van der Waals surface area contributed by atoms with Crippen molar-refractivity contribution in [3.8, 4) is 5.75 Å². The van der Waals surface area contributed by atoms with Crippen molar-refractivity contribution < 1.29 is 18.3 Å². The SMILES string of the molecule is CCCNCc1cc(F)c(OCCC(C)(C)OC)c(F)c1. The summed E-state index contributed by atoms with van der Waals surface area (Å²) in [4.78, 5) is 0. The van der Waals surface area contributed by atoms with Crippen LogP contribution in [0.2, 0.25) is 0 Å². The first-order chi connectivity index (χ1) is 9.89. The normalized spacial score (nSPS) is 11.7. The molecule has 0 radical (unpaired) electrons. The van der Waals surface area contributed by atoms with Crippen LogP contribution in [0.1, 0.15) is 39.2 Å². The summed E-state index contributed by atoms with van der Waals surface area (Å²) in [5.41, 5.74) is 0.194. The maximum atomic E-state index is 13.9. The van der Waals surface area contributed by atoms with Crippen LogP contribution in [0.25, 0.3) is 0 Å². The second kappa shape index (κ2) is 8.29. The topological polar surface area (TPSA) is 30.5 Å². The molecule has 3 nitrogen and oxygen atoms in total. The van der Waals surface area contributed by atoms with E-state index in [4.69, 9.17) is 9.47 Å². The summed E-state index contributed by atoms with van der Waals surface area (Å²) in [6.07, 6.45) is 1.52. The van der Waals surface area contributed by atoms with Crippen molar-refractivity contribution in [2.24, 2.45) is 0 Å². The summed E-state index contributed by atoms with van der Waals surface area (Å²) >= 11 is 0. The molecule has 0 bridgehead atoms. The van der Waals surface area contributed by atoms with E-state index < -0.39 is 11.6 Å². The van der Waals surface area contributed by atoms with Crippen molar-refractivity contribution in [1.82, 2.24) is 5.32 Å². The molecule has 5 heteroatoms. The molecule has 1 N–H and O–H groups in total. The lowest BCUT2D eigenvalue weighted by Gasteiger charge is -2.22. The van der Waals surface area contributed by atoms with Gasteiger partial charge in [-0.05, 0) is 44.5 Å². The van der Waals surface area contributed by atoms with E-state index in [1.54, 1.807) is 7.11 Å². The fraction of sp³-hybridized carbons (Fsp3) is 0.625. The second-order valence-electron chi connectivity index (χ2n) is 5.63. The van der Waals surface area contributed by atoms with Gasteiger partial charge in [0.25, 0.3) is 0 Å². The van der Waals surface area contributed by atoms with E-state index in [1.165, 1.54) is 12.1 Å². The molecule has 0 unspecified atom stereocenters. The fourth-order valence-corrected chi connectivity index (χ4v) is 1.76. The average molecular weight is 301 g/mol. The van der Waals surface area contributed by atoms with Gasteiger partial charge < -0.3 is 14.8 Å². The summed E-state index contributed by atoms with van der Waals surface area (Å²) in [5.74, 6) is -1.65. The van der Waals surface area contributed by atoms with Crippen molar-refractivity contribution in [1.29, 1.82) is 0 Å². The Labute approximate surface area is 125 Å². The molecule has 1 aromatic carbocycles. The summed E-state index contributed by atoms with van der Waals surface area (Å²) in [6, 6.07) is 2.62. The molecule has 0 aliphatic carbocycles. The minimum atomic E-state index is -0.668. The van der Waals surface area contributed by atoms with Gasteiger partial charge in [-0.2, -0.15) is 0 Å². The third kappa shape index (κ3) is 5.98. The summed E-state index contributed by atoms with van der Waals surface area (Å²) in [5, 5.41) is 3.11. The zero-order valence-electron chi connectivity index (χ0n) is 13.3. The third-order valence-corrected chi connectivity index (χ3v) is 3.32. The van der Waals surface area contributed by atoms with Crippen molar-refractivity contribution >= 4 is 0 Å². The Morgan fingerprint density at radius 3 is 2.33 bits per heavy atom. The number of halogens is 2. The molecular formula is C16H25F2NO2. The van der Waals surface area contributed by atoms with Crippen LogP contribution in [0.5, 0.6) is 5.75 Å². The Morgan fingerprint density at radius 2 is 1.81 bits per heavy atom. The van der Waals surface area contributed by atoms with Crippen LogP contribution >= 0.6 is 0 Å². The smallest absolute Gasteiger partial charge is 0.190 e. The van der Waals surface area contributed by atoms with Crippen molar-refractivity contribution in [3.05, 3.63) is 29.3 Å². The quantitative estimate of drug-likeness (QED) is 0.706. The summed E-state index contributed by atoms with van der Waals surface area (Å²) in [6.45, 7) is 7.28. The number of nitrogens with one attached hydrogen (secondary N) is 1. The number of ether oxygens (including phenoxy) is 2. The van der Waals surface area contributed by atoms with Crippen molar-refractivity contribution in [2.75, 3.05) is 20.3 Å². The highest BCUT2D eigenvalue weighted by Crippen LogP contribution is 2.24. The van der Waals surface area contributed by atoms with Gasteiger partial charge in [0.2, 0.25) is 0 Å². The lowest BCUT2D eigenvalue weighted by molar-refractivity contribution is 0.00478. The largest absolute Gasteiger partial charge is 0.487 e. The van der Waals surface area contributed by atoms with Gasteiger partial charge in [0, 0.05) is 20.1 Å². The third-order valence-electron chi connectivity index (χ3n) is 3.32. The lowest BCUT2D eigenvalue weighted by Crippen LogP contribution is -2.25. The van der Waals surface area contributed by atoms with Crippen LogP contribution in [0.15, 0.2) is 12.1 Å². The minimum Gasteiger partial charge on any atom is -0.487 e. The highest BCUT2D eigenvalue weighted by Gasteiger charge is 2.18. The number of benzene rings is 1. The Kier molecular flexibility index (Phi) is 7.05. The highest BCUT2D eigenvalue weighted by molar-refractivity contribution is 5.31. The monoisotopic (exact) mass is 301 g/mol. The van der Waals surface area contributed by atoms with E-state index in [1.807, 2.05) is 20.8 Å². The predicted molar refractivity (Wildman–Crippen MR) is 79.6 cm³/mol. The first kappa shape index (κ1) is 17.9. The van der Waals surface area contributed by atoms with E-state index in [2.05, 4.69) is 5.32 Å². The zero-order chi connectivity index (χ0) is 15.9. The van der Waals surface area contributed by atoms with Crippen molar-refractivity contribution in [2.45, 2.75) is 45.8 Å². The van der Waals surface area contributed by atoms with Crippen LogP contribution in [-0.4, -0.2) is 25.9 Å². The molecule has 21 heavy (non-hydrogen) atoms. The summed E-state index contributed by atoms with van der Waals surface area (Å²) in [7, 11) is 1.60. The Hall–Kier alpha value is -1.20. The number of rotatable bonds is 9. The number of hydrogen-bond donors (Lipinski definition) is 1.